The SMILES string of the molecule is Nc1nc2c(ncn2[C@]2(S)O[C@H](COP(=O)(O)OP(=O)(O)OP(=O)(O)O)[C@@H](O)[C@H]2O)c(=O)[nH]1. The highest BCUT2D eigenvalue weighted by Crippen LogP contribution is 2.66. The molecule has 0 bridgehead atoms. The van der Waals surface area contributed by atoms with E-state index < -0.39 is 59.0 Å². The van der Waals surface area contributed by atoms with E-state index in [4.69, 9.17) is 25.2 Å². The van der Waals surface area contributed by atoms with Gasteiger partial charge < -0.3 is 40.3 Å². The van der Waals surface area contributed by atoms with Crippen LogP contribution in [-0.4, -0.2) is 74.2 Å². The smallest absolute Gasteiger partial charge is 0.387 e. The van der Waals surface area contributed by atoms with E-state index in [-0.39, 0.29) is 17.1 Å². The number of ether oxygens (including phenoxy) is 1. The van der Waals surface area contributed by atoms with Gasteiger partial charge in [-0.05, 0) is 0 Å². The average molecular weight is 555 g/mol. The quantitative estimate of drug-likeness (QED) is 0.122. The third-order valence-corrected chi connectivity index (χ3v) is 8.39. The number of aromatic nitrogens is 4. The van der Waals surface area contributed by atoms with Crippen molar-refractivity contribution in [1.82, 2.24) is 19.5 Å². The summed E-state index contributed by atoms with van der Waals surface area (Å²) in [4.78, 5) is 57.5. The van der Waals surface area contributed by atoms with Gasteiger partial charge in [-0.15, -0.1) is 12.6 Å². The summed E-state index contributed by atoms with van der Waals surface area (Å²) in [6, 6.07) is 0. The van der Waals surface area contributed by atoms with E-state index in [1.165, 1.54) is 0 Å². The summed E-state index contributed by atoms with van der Waals surface area (Å²) in [5, 5.41) is 18.5. The predicted molar refractivity (Wildman–Crippen MR) is 106 cm³/mol. The third-order valence-electron chi connectivity index (χ3n) is 4.00. The molecule has 3 heterocycles. The Morgan fingerprint density at radius 3 is 2.45 bits per heavy atom. The molecule has 9 N–H and O–H groups in total. The molecular weight excluding hydrogens is 539 g/mol. The summed E-state index contributed by atoms with van der Waals surface area (Å²) in [5.41, 5.74) is 4.33. The molecule has 1 aliphatic heterocycles. The minimum atomic E-state index is -5.76. The minimum Gasteiger partial charge on any atom is -0.387 e. The summed E-state index contributed by atoms with van der Waals surface area (Å²) in [6.07, 6.45) is -4.39. The van der Waals surface area contributed by atoms with Crippen molar-refractivity contribution in [3.63, 3.8) is 0 Å². The van der Waals surface area contributed by atoms with Crippen LogP contribution in [0.1, 0.15) is 0 Å². The summed E-state index contributed by atoms with van der Waals surface area (Å²) in [7, 11) is -16.9. The monoisotopic (exact) mass is 555 g/mol. The lowest BCUT2D eigenvalue weighted by molar-refractivity contribution is -0.0752. The molecule has 0 amide bonds. The van der Waals surface area contributed by atoms with E-state index >= 15 is 0 Å². The lowest BCUT2D eigenvalue weighted by Gasteiger charge is -2.28. The molecule has 0 aromatic carbocycles. The van der Waals surface area contributed by atoms with Crippen LogP contribution in [-0.2, 0) is 36.6 Å². The van der Waals surface area contributed by atoms with Crippen LogP contribution in [0, 0.1) is 0 Å². The Balaban J connectivity index is 1.79. The lowest BCUT2D eigenvalue weighted by atomic mass is 10.1. The van der Waals surface area contributed by atoms with Crippen LogP contribution in [0.15, 0.2) is 11.1 Å². The number of H-pyrrole nitrogens is 1. The molecule has 0 spiro atoms. The van der Waals surface area contributed by atoms with Crippen LogP contribution in [0.5, 0.6) is 0 Å². The molecule has 0 radical (unpaired) electrons. The predicted octanol–water partition coefficient (Wildman–Crippen LogP) is -2.29. The molecule has 1 aliphatic rings. The fourth-order valence-corrected chi connectivity index (χ4v) is 6.22. The largest absolute Gasteiger partial charge is 0.490 e. The van der Waals surface area contributed by atoms with Crippen molar-refractivity contribution in [2.45, 2.75) is 23.4 Å². The second kappa shape index (κ2) is 8.78. The van der Waals surface area contributed by atoms with Crippen molar-refractivity contribution < 1.29 is 61.4 Å². The number of nitrogens with two attached hydrogens (primary N) is 1. The zero-order chi connectivity index (χ0) is 25.0. The summed E-state index contributed by atoms with van der Waals surface area (Å²) in [5.74, 6) is -0.316. The van der Waals surface area contributed by atoms with Crippen molar-refractivity contribution in [3.05, 3.63) is 16.7 Å². The average Bonchev–Trinajstić information content (AvgIpc) is 3.13. The number of anilines is 1. The van der Waals surface area contributed by atoms with E-state index in [2.05, 4.69) is 40.7 Å². The second-order valence-electron chi connectivity index (χ2n) is 6.38. The topological polar surface area (TPSA) is 299 Å². The van der Waals surface area contributed by atoms with Crippen molar-refractivity contribution in [2.24, 2.45) is 0 Å². The maximum atomic E-state index is 11.9. The molecule has 0 aliphatic carbocycles. The van der Waals surface area contributed by atoms with Crippen LogP contribution in [0.2, 0.25) is 0 Å². The number of thiol groups is 1. The molecule has 1 saturated heterocycles. The van der Waals surface area contributed by atoms with Gasteiger partial charge in [-0.3, -0.25) is 18.9 Å². The first-order chi connectivity index (χ1) is 14.9. The zero-order valence-corrected chi connectivity index (χ0v) is 19.3. The number of hydrogen-bond acceptors (Lipinski definition) is 14. The fraction of sp³-hybridized carbons (Fsp3) is 0.500. The number of imidazole rings is 1. The number of aliphatic hydroxyl groups is 2. The minimum absolute atomic E-state index is 0.203. The Morgan fingerprint density at radius 2 is 1.85 bits per heavy atom. The molecule has 23 heteroatoms. The zero-order valence-electron chi connectivity index (χ0n) is 15.7. The van der Waals surface area contributed by atoms with E-state index in [1.54, 1.807) is 0 Å². The van der Waals surface area contributed by atoms with Gasteiger partial charge in [-0.1, -0.05) is 0 Å². The van der Waals surface area contributed by atoms with Crippen LogP contribution in [0.3, 0.4) is 0 Å². The van der Waals surface area contributed by atoms with Crippen LogP contribution in [0.4, 0.5) is 5.95 Å². The molecule has 1 fully saturated rings. The Kier molecular flexibility index (Phi) is 7.02. The number of aliphatic hydroxyl groups excluding tert-OH is 2. The molecule has 2 aromatic heterocycles. The van der Waals surface area contributed by atoms with E-state index in [1.807, 2.05) is 0 Å². The van der Waals surface area contributed by atoms with Gasteiger partial charge in [0.15, 0.2) is 11.2 Å². The Labute approximate surface area is 187 Å². The molecule has 19 nitrogen and oxygen atoms in total. The molecule has 2 aromatic rings. The van der Waals surface area contributed by atoms with E-state index in [9.17, 15) is 33.6 Å². The number of rotatable bonds is 8. The Bertz CT molecular complexity index is 1260. The normalized spacial score (nSPS) is 29.7. The van der Waals surface area contributed by atoms with Gasteiger partial charge in [0.1, 0.15) is 24.6 Å². The number of phosphoric ester groups is 1. The number of nitrogen functional groups attached to an aromatic ring is 1. The highest BCUT2D eigenvalue weighted by atomic mass is 32.1. The van der Waals surface area contributed by atoms with Crippen LogP contribution >= 0.6 is 36.1 Å². The van der Waals surface area contributed by atoms with Crippen molar-refractivity contribution >= 4 is 53.2 Å². The summed E-state index contributed by atoms with van der Waals surface area (Å²) < 4.78 is 51.7. The van der Waals surface area contributed by atoms with Gasteiger partial charge in [-0.2, -0.15) is 13.6 Å². The van der Waals surface area contributed by atoms with Crippen molar-refractivity contribution in [3.8, 4) is 0 Å². The maximum absolute atomic E-state index is 11.9. The number of nitrogens with one attached hydrogen (secondary N) is 1. The molecule has 3 rings (SSSR count). The first-order valence-electron chi connectivity index (χ1n) is 8.22. The number of phosphoric acid groups is 3. The first-order valence-corrected chi connectivity index (χ1v) is 13.2. The Morgan fingerprint density at radius 1 is 1.21 bits per heavy atom. The van der Waals surface area contributed by atoms with Gasteiger partial charge in [-0.25, -0.2) is 18.7 Å². The molecule has 2 unspecified atom stereocenters. The van der Waals surface area contributed by atoms with E-state index in [0.717, 1.165) is 10.9 Å². The van der Waals surface area contributed by atoms with E-state index in [0.29, 0.717) is 0 Å². The molecule has 6 atom stereocenters. The van der Waals surface area contributed by atoms with Gasteiger partial charge in [0.25, 0.3) is 5.56 Å². The number of nitrogens with zero attached hydrogens (tertiary/aromatic N) is 3. The fourth-order valence-electron chi connectivity index (χ4n) is 2.75. The van der Waals surface area contributed by atoms with Crippen LogP contribution in [0.25, 0.3) is 11.2 Å². The van der Waals surface area contributed by atoms with Gasteiger partial charge in [0.2, 0.25) is 11.0 Å². The van der Waals surface area contributed by atoms with Gasteiger partial charge in [0.05, 0.1) is 6.61 Å². The van der Waals surface area contributed by atoms with Gasteiger partial charge >= 0.3 is 23.5 Å². The highest BCUT2D eigenvalue weighted by molar-refractivity contribution is 7.81. The number of hydrogen-bond donors (Lipinski definition) is 9. The first kappa shape index (κ1) is 26.4. The molecular formula is C10H16N5O14P3S. The van der Waals surface area contributed by atoms with Gasteiger partial charge in [0, 0.05) is 0 Å². The Hall–Kier alpha value is -1.21. The summed E-state index contributed by atoms with van der Waals surface area (Å²) >= 11 is 4.16. The lowest BCUT2D eigenvalue weighted by Crippen LogP contribution is -2.41. The third kappa shape index (κ3) is 5.72. The van der Waals surface area contributed by atoms with Crippen molar-refractivity contribution in [1.29, 1.82) is 0 Å². The molecule has 33 heavy (non-hydrogen) atoms. The number of fused-ring (bicyclic) bond motifs is 1. The standard InChI is InChI=1S/C10H16N5O14P3S/c11-9-13-7-4(8(18)14-9)12-2-15(7)10(33)6(17)5(16)3(27-10)1-26-31(22,23)29-32(24,25)28-30(19,20)21/h2-3,5-6,16-17,33H,1H2,(H,22,23)(H,24,25)(H2,19,20,21)(H3,11,13,14,18)/t3-,5-,6-,10+/m1/s1. The summed E-state index contributed by atoms with van der Waals surface area (Å²) in [6.45, 7) is -1.08. The van der Waals surface area contributed by atoms with Crippen LogP contribution < -0.4 is 11.3 Å². The maximum Gasteiger partial charge on any atom is 0.490 e. The van der Waals surface area contributed by atoms with Crippen molar-refractivity contribution in [2.75, 3.05) is 12.3 Å². The number of aromatic amines is 1. The molecule has 0 saturated carbocycles. The second-order valence-corrected chi connectivity index (χ2v) is 11.4. The molecule has 186 valence electrons. The highest BCUT2D eigenvalue weighted by Gasteiger charge is 2.55.